The minimum absolute atomic E-state index is 0.137. The van der Waals surface area contributed by atoms with E-state index in [0.29, 0.717) is 12.0 Å². The monoisotopic (exact) mass is 352 g/mol. The molecule has 7 heteroatoms. The first-order chi connectivity index (χ1) is 12.6. The van der Waals surface area contributed by atoms with E-state index in [2.05, 4.69) is 11.1 Å². The second-order valence-corrected chi connectivity index (χ2v) is 7.82. The lowest BCUT2D eigenvalue weighted by molar-refractivity contribution is 0.0766. The van der Waals surface area contributed by atoms with E-state index in [0.717, 1.165) is 61.9 Å². The first-order valence-corrected chi connectivity index (χ1v) is 9.51. The lowest BCUT2D eigenvalue weighted by Gasteiger charge is -2.45. The standard InChI is InChI=1S/C19H24N6O/c20-17-22-18(21)25(19(23-17)8-2-1-3-9-19)14-5-4-12-11-24(13-6-7-13)16(26)15(12)10-14/h4-5,10,13H,1-3,6-9,11H2,(H4,20,21,22,23). The van der Waals surface area contributed by atoms with Crippen LogP contribution in [-0.2, 0) is 6.54 Å². The maximum Gasteiger partial charge on any atom is 0.254 e. The van der Waals surface area contributed by atoms with Gasteiger partial charge in [0.25, 0.3) is 5.91 Å². The van der Waals surface area contributed by atoms with Gasteiger partial charge >= 0.3 is 0 Å². The highest BCUT2D eigenvalue weighted by molar-refractivity contribution is 6.07. The minimum Gasteiger partial charge on any atom is -0.369 e. The predicted octanol–water partition coefficient (Wildman–Crippen LogP) is 1.91. The highest BCUT2D eigenvalue weighted by Crippen LogP contribution is 2.41. The average Bonchev–Trinajstić information content (AvgIpc) is 3.40. The van der Waals surface area contributed by atoms with E-state index in [1.54, 1.807) is 0 Å². The number of amides is 1. The smallest absolute Gasteiger partial charge is 0.254 e. The van der Waals surface area contributed by atoms with Crippen molar-refractivity contribution < 1.29 is 4.79 Å². The van der Waals surface area contributed by atoms with E-state index < -0.39 is 5.66 Å². The molecule has 1 aromatic rings. The zero-order valence-corrected chi connectivity index (χ0v) is 14.8. The van der Waals surface area contributed by atoms with Crippen LogP contribution in [0.25, 0.3) is 0 Å². The highest BCUT2D eigenvalue weighted by Gasteiger charge is 2.44. The Balaban J connectivity index is 1.55. The second kappa shape index (κ2) is 5.46. The van der Waals surface area contributed by atoms with Crippen molar-refractivity contribution in [3.8, 4) is 0 Å². The summed E-state index contributed by atoms with van der Waals surface area (Å²) in [7, 11) is 0. The van der Waals surface area contributed by atoms with Gasteiger partial charge in [-0.15, -0.1) is 0 Å². The third-order valence-electron chi connectivity index (χ3n) is 6.02. The van der Waals surface area contributed by atoms with Gasteiger partial charge in [0.2, 0.25) is 11.9 Å². The molecule has 0 unspecified atom stereocenters. The van der Waals surface area contributed by atoms with E-state index in [-0.39, 0.29) is 11.9 Å². The molecule has 1 spiro atoms. The molecule has 5 rings (SSSR count). The van der Waals surface area contributed by atoms with Gasteiger partial charge in [-0.1, -0.05) is 12.5 Å². The highest BCUT2D eigenvalue weighted by atomic mass is 16.2. The van der Waals surface area contributed by atoms with Crippen LogP contribution in [0, 0.1) is 0 Å². The van der Waals surface area contributed by atoms with Crippen LogP contribution < -0.4 is 16.4 Å². The Labute approximate surface area is 152 Å². The lowest BCUT2D eigenvalue weighted by atomic mass is 9.87. The van der Waals surface area contributed by atoms with Crippen LogP contribution in [0.5, 0.6) is 0 Å². The molecule has 4 N–H and O–H groups in total. The summed E-state index contributed by atoms with van der Waals surface area (Å²) in [5.74, 6) is 0.749. The van der Waals surface area contributed by atoms with Crippen molar-refractivity contribution in [1.29, 1.82) is 0 Å². The number of anilines is 1. The summed E-state index contributed by atoms with van der Waals surface area (Å²) < 4.78 is 0. The lowest BCUT2D eigenvalue weighted by Crippen LogP contribution is -2.58. The fourth-order valence-corrected chi connectivity index (χ4v) is 4.63. The molecule has 1 amide bonds. The number of hydrogen-bond acceptors (Lipinski definition) is 6. The number of fused-ring (bicyclic) bond motifs is 1. The number of carbonyl (C=O) groups excluding carboxylic acids is 1. The zero-order valence-electron chi connectivity index (χ0n) is 14.8. The van der Waals surface area contributed by atoms with Gasteiger partial charge in [0.1, 0.15) is 5.66 Å². The first kappa shape index (κ1) is 15.7. The Bertz CT molecular complexity index is 834. The van der Waals surface area contributed by atoms with Crippen molar-refractivity contribution in [2.75, 3.05) is 4.90 Å². The molecule has 0 saturated heterocycles. The van der Waals surface area contributed by atoms with E-state index in [4.69, 9.17) is 16.5 Å². The topological polar surface area (TPSA) is 100 Å². The summed E-state index contributed by atoms with van der Waals surface area (Å²) in [5, 5.41) is 0. The molecule has 136 valence electrons. The number of aliphatic imine (C=N–C) groups is 2. The normalized spacial score (nSPS) is 24.5. The van der Waals surface area contributed by atoms with Gasteiger partial charge in [-0.3, -0.25) is 9.69 Å². The summed E-state index contributed by atoms with van der Waals surface area (Å²) in [4.78, 5) is 25.7. The van der Waals surface area contributed by atoms with Crippen LogP contribution in [0.15, 0.2) is 28.2 Å². The van der Waals surface area contributed by atoms with Gasteiger partial charge in [-0.05, 0) is 56.2 Å². The van der Waals surface area contributed by atoms with Gasteiger partial charge in [0.15, 0.2) is 0 Å². The van der Waals surface area contributed by atoms with Crippen molar-refractivity contribution in [3.63, 3.8) is 0 Å². The van der Waals surface area contributed by atoms with Crippen LogP contribution in [0.3, 0.4) is 0 Å². The van der Waals surface area contributed by atoms with E-state index in [9.17, 15) is 4.79 Å². The second-order valence-electron chi connectivity index (χ2n) is 7.82. The summed E-state index contributed by atoms with van der Waals surface area (Å²) in [6, 6.07) is 6.49. The molecule has 2 aliphatic heterocycles. The minimum atomic E-state index is -0.472. The van der Waals surface area contributed by atoms with Crippen LogP contribution in [0.2, 0.25) is 0 Å². The summed E-state index contributed by atoms with van der Waals surface area (Å²) in [5.41, 5.74) is 14.5. The van der Waals surface area contributed by atoms with Crippen LogP contribution >= 0.6 is 0 Å². The maximum absolute atomic E-state index is 12.8. The third kappa shape index (κ3) is 2.29. The number of carbonyl (C=O) groups is 1. The molecule has 2 fully saturated rings. The number of hydrogen-bond donors (Lipinski definition) is 2. The Hall–Kier alpha value is -2.57. The van der Waals surface area contributed by atoms with Crippen LogP contribution in [0.1, 0.15) is 60.9 Å². The molecule has 1 aromatic carbocycles. The summed E-state index contributed by atoms with van der Waals surface area (Å²) >= 11 is 0. The Morgan fingerprint density at radius 3 is 2.62 bits per heavy atom. The number of nitrogens with two attached hydrogens (primary N) is 2. The van der Waals surface area contributed by atoms with Crippen LogP contribution in [0.4, 0.5) is 5.69 Å². The molecule has 0 atom stereocenters. The van der Waals surface area contributed by atoms with Gasteiger partial charge in [0, 0.05) is 23.8 Å². The van der Waals surface area contributed by atoms with Crippen molar-refractivity contribution in [3.05, 3.63) is 29.3 Å². The maximum atomic E-state index is 12.8. The average molecular weight is 352 g/mol. The quantitative estimate of drug-likeness (QED) is 0.849. The van der Waals surface area contributed by atoms with Crippen molar-refractivity contribution in [2.45, 2.75) is 63.2 Å². The molecule has 0 aromatic heterocycles. The van der Waals surface area contributed by atoms with Gasteiger partial charge < -0.3 is 16.4 Å². The molecule has 26 heavy (non-hydrogen) atoms. The largest absolute Gasteiger partial charge is 0.369 e. The molecule has 4 aliphatic rings. The predicted molar refractivity (Wildman–Crippen MR) is 101 cm³/mol. The molecular weight excluding hydrogens is 328 g/mol. The van der Waals surface area contributed by atoms with Gasteiger partial charge in [-0.2, -0.15) is 4.99 Å². The molecule has 2 heterocycles. The fourth-order valence-electron chi connectivity index (χ4n) is 4.63. The van der Waals surface area contributed by atoms with Gasteiger partial charge in [-0.25, -0.2) is 4.99 Å². The molecule has 2 saturated carbocycles. The Morgan fingerprint density at radius 1 is 1.12 bits per heavy atom. The molecule has 2 aliphatic carbocycles. The zero-order chi connectivity index (χ0) is 17.9. The molecule has 0 radical (unpaired) electrons. The molecule has 7 nitrogen and oxygen atoms in total. The Morgan fingerprint density at radius 2 is 1.88 bits per heavy atom. The fraction of sp³-hybridized carbons (Fsp3) is 0.526. The van der Waals surface area contributed by atoms with Crippen LogP contribution in [-0.4, -0.2) is 34.4 Å². The number of nitrogens with zero attached hydrogens (tertiary/aromatic N) is 4. The SMILES string of the molecule is NC1=NC2(CCCCC2)N(c2ccc3c(c2)C(=O)N(C2CC2)C3)C(N)=N1. The number of rotatable bonds is 2. The van der Waals surface area contributed by atoms with Crippen molar-refractivity contribution in [2.24, 2.45) is 21.5 Å². The Kier molecular flexibility index (Phi) is 3.29. The van der Waals surface area contributed by atoms with E-state index >= 15 is 0 Å². The van der Waals surface area contributed by atoms with E-state index in [1.807, 2.05) is 21.9 Å². The first-order valence-electron chi connectivity index (χ1n) is 9.51. The summed E-state index contributed by atoms with van der Waals surface area (Å²) in [6.07, 6.45) is 7.39. The number of guanidine groups is 2. The van der Waals surface area contributed by atoms with E-state index in [1.165, 1.54) is 6.42 Å². The van der Waals surface area contributed by atoms with Crippen molar-refractivity contribution >= 4 is 23.5 Å². The van der Waals surface area contributed by atoms with Crippen molar-refractivity contribution in [1.82, 2.24) is 4.90 Å². The van der Waals surface area contributed by atoms with Gasteiger partial charge in [0.05, 0.1) is 0 Å². The number of benzene rings is 1. The molecular formula is C19H24N6O. The third-order valence-corrected chi connectivity index (χ3v) is 6.02. The summed E-state index contributed by atoms with van der Waals surface area (Å²) in [6.45, 7) is 0.721. The molecule has 0 bridgehead atoms.